The first-order valence-corrected chi connectivity index (χ1v) is 4.00. The highest BCUT2D eigenvalue weighted by molar-refractivity contribution is 5.80. The Kier molecular flexibility index (Phi) is 1.84. The van der Waals surface area contributed by atoms with Crippen LogP contribution in [0.2, 0.25) is 0 Å². The number of aromatic nitrogens is 1. The number of para-hydroxylation sites is 1. The zero-order valence-corrected chi connectivity index (χ0v) is 6.75. The molecule has 2 nitrogen and oxygen atoms in total. The van der Waals surface area contributed by atoms with Gasteiger partial charge in [0.2, 0.25) is 0 Å². The molecule has 0 bridgehead atoms. The molecule has 2 rings (SSSR count). The molecular formula is C10H11N2. The maximum absolute atomic E-state index is 5.34. The Morgan fingerprint density at radius 3 is 2.92 bits per heavy atom. The van der Waals surface area contributed by atoms with Crippen LogP contribution in [0.25, 0.3) is 10.9 Å². The molecule has 2 aromatic rings. The van der Waals surface area contributed by atoms with Gasteiger partial charge in [-0.05, 0) is 17.5 Å². The number of nitrogens with two attached hydrogens (primary N) is 1. The summed E-state index contributed by atoms with van der Waals surface area (Å²) >= 11 is 0. The zero-order chi connectivity index (χ0) is 8.39. The summed E-state index contributed by atoms with van der Waals surface area (Å²) in [6.07, 6.45) is 0.800. The number of rotatable bonds is 2. The van der Waals surface area contributed by atoms with Gasteiger partial charge >= 0.3 is 0 Å². The van der Waals surface area contributed by atoms with Crippen molar-refractivity contribution in [2.45, 2.75) is 6.42 Å². The van der Waals surface area contributed by atoms with E-state index in [9.17, 15) is 0 Å². The molecule has 0 aliphatic heterocycles. The molecular weight excluding hydrogens is 148 g/mol. The van der Waals surface area contributed by atoms with Crippen molar-refractivity contribution in [1.82, 2.24) is 4.98 Å². The molecule has 1 heterocycles. The van der Waals surface area contributed by atoms with E-state index in [1.807, 2.05) is 12.1 Å². The quantitative estimate of drug-likeness (QED) is 0.689. The first kappa shape index (κ1) is 7.37. The van der Waals surface area contributed by atoms with Gasteiger partial charge in [-0.3, -0.25) is 0 Å². The fourth-order valence-corrected chi connectivity index (χ4v) is 1.37. The number of H-pyrrole nitrogens is 1. The predicted molar refractivity (Wildman–Crippen MR) is 50.5 cm³/mol. The second kappa shape index (κ2) is 2.99. The van der Waals surface area contributed by atoms with Crippen LogP contribution in [0, 0.1) is 6.54 Å². The minimum Gasteiger partial charge on any atom is -0.358 e. The number of fused-ring (bicyclic) bond motifs is 1. The van der Waals surface area contributed by atoms with Crippen molar-refractivity contribution in [2.75, 3.05) is 0 Å². The molecule has 3 N–H and O–H groups in total. The van der Waals surface area contributed by atoms with Gasteiger partial charge in [-0.1, -0.05) is 18.2 Å². The average molecular weight is 159 g/mol. The monoisotopic (exact) mass is 159 g/mol. The number of nitrogens with one attached hydrogen (secondary N) is 1. The van der Waals surface area contributed by atoms with Crippen LogP contribution in [0.4, 0.5) is 0 Å². The standard InChI is InChI=1S/C10H11N2/c11-6-5-9-7-8-3-1-2-4-10(8)12-9/h1-4,6-7,12H,5,11H2. The Morgan fingerprint density at radius 2 is 2.17 bits per heavy atom. The summed E-state index contributed by atoms with van der Waals surface area (Å²) in [5.41, 5.74) is 7.68. The molecule has 1 radical (unpaired) electrons. The van der Waals surface area contributed by atoms with Gasteiger partial charge in [0.1, 0.15) is 0 Å². The lowest BCUT2D eigenvalue weighted by atomic mass is 10.2. The minimum atomic E-state index is 0.800. The second-order valence-corrected chi connectivity index (χ2v) is 2.82. The Balaban J connectivity index is 2.47. The van der Waals surface area contributed by atoms with E-state index in [1.54, 1.807) is 6.54 Å². The predicted octanol–water partition coefficient (Wildman–Crippen LogP) is 1.83. The highest BCUT2D eigenvalue weighted by Crippen LogP contribution is 2.14. The van der Waals surface area contributed by atoms with Crippen LogP contribution < -0.4 is 5.73 Å². The molecule has 0 aliphatic rings. The topological polar surface area (TPSA) is 41.8 Å². The van der Waals surface area contributed by atoms with Crippen LogP contribution in [-0.4, -0.2) is 4.98 Å². The van der Waals surface area contributed by atoms with Crippen molar-refractivity contribution in [1.29, 1.82) is 0 Å². The van der Waals surface area contributed by atoms with Crippen molar-refractivity contribution in [3.05, 3.63) is 42.6 Å². The summed E-state index contributed by atoms with van der Waals surface area (Å²) in [7, 11) is 0. The maximum Gasteiger partial charge on any atom is 0.0456 e. The lowest BCUT2D eigenvalue weighted by Crippen LogP contribution is -1.94. The van der Waals surface area contributed by atoms with Gasteiger partial charge in [-0.2, -0.15) is 0 Å². The third-order valence-electron chi connectivity index (χ3n) is 1.92. The summed E-state index contributed by atoms with van der Waals surface area (Å²) in [5, 5.41) is 1.24. The van der Waals surface area contributed by atoms with E-state index in [2.05, 4.69) is 23.2 Å². The van der Waals surface area contributed by atoms with Crippen LogP contribution in [0.3, 0.4) is 0 Å². The molecule has 0 aliphatic carbocycles. The van der Waals surface area contributed by atoms with Gasteiger partial charge in [0, 0.05) is 24.2 Å². The van der Waals surface area contributed by atoms with Crippen LogP contribution >= 0.6 is 0 Å². The van der Waals surface area contributed by atoms with Crippen LogP contribution in [0.5, 0.6) is 0 Å². The third-order valence-corrected chi connectivity index (χ3v) is 1.92. The zero-order valence-electron chi connectivity index (χ0n) is 6.75. The van der Waals surface area contributed by atoms with Crippen molar-refractivity contribution in [2.24, 2.45) is 5.73 Å². The largest absolute Gasteiger partial charge is 0.358 e. The summed E-state index contributed by atoms with van der Waals surface area (Å²) in [6, 6.07) is 10.3. The number of hydrogen-bond acceptors (Lipinski definition) is 1. The summed E-state index contributed by atoms with van der Waals surface area (Å²) < 4.78 is 0. The minimum absolute atomic E-state index is 0.800. The Bertz CT molecular complexity index is 343. The molecule has 0 unspecified atom stereocenters. The lowest BCUT2D eigenvalue weighted by molar-refractivity contribution is 1.06. The molecule has 0 saturated carbocycles. The smallest absolute Gasteiger partial charge is 0.0456 e. The molecule has 0 saturated heterocycles. The molecule has 1 aromatic carbocycles. The molecule has 61 valence electrons. The summed E-state index contributed by atoms with van der Waals surface area (Å²) in [6.45, 7) is 1.66. The van der Waals surface area contributed by atoms with Gasteiger partial charge in [0.15, 0.2) is 0 Å². The Hall–Kier alpha value is -1.28. The number of benzene rings is 1. The molecule has 12 heavy (non-hydrogen) atoms. The van der Waals surface area contributed by atoms with E-state index in [0.29, 0.717) is 0 Å². The van der Waals surface area contributed by atoms with E-state index in [0.717, 1.165) is 6.42 Å². The average Bonchev–Trinajstić information content (AvgIpc) is 2.47. The van der Waals surface area contributed by atoms with E-state index >= 15 is 0 Å². The van der Waals surface area contributed by atoms with E-state index in [4.69, 9.17) is 5.73 Å². The van der Waals surface area contributed by atoms with E-state index < -0.39 is 0 Å². The third kappa shape index (κ3) is 1.21. The van der Waals surface area contributed by atoms with E-state index in [1.165, 1.54) is 16.6 Å². The second-order valence-electron chi connectivity index (χ2n) is 2.82. The molecule has 0 fully saturated rings. The van der Waals surface area contributed by atoms with Crippen molar-refractivity contribution < 1.29 is 0 Å². The Labute approximate surface area is 71.4 Å². The van der Waals surface area contributed by atoms with Crippen molar-refractivity contribution >= 4 is 10.9 Å². The fourth-order valence-electron chi connectivity index (χ4n) is 1.37. The van der Waals surface area contributed by atoms with E-state index in [-0.39, 0.29) is 0 Å². The first-order chi connectivity index (χ1) is 5.90. The number of aromatic amines is 1. The highest BCUT2D eigenvalue weighted by Gasteiger charge is 1.97. The van der Waals surface area contributed by atoms with Crippen LogP contribution in [-0.2, 0) is 6.42 Å². The highest BCUT2D eigenvalue weighted by atomic mass is 14.7. The van der Waals surface area contributed by atoms with Crippen molar-refractivity contribution in [3.8, 4) is 0 Å². The maximum atomic E-state index is 5.34. The number of hydrogen-bond donors (Lipinski definition) is 2. The van der Waals surface area contributed by atoms with Gasteiger partial charge in [-0.15, -0.1) is 0 Å². The van der Waals surface area contributed by atoms with Crippen LogP contribution in [0.1, 0.15) is 5.69 Å². The molecule has 0 amide bonds. The lowest BCUT2D eigenvalue weighted by Gasteiger charge is -1.88. The van der Waals surface area contributed by atoms with Crippen molar-refractivity contribution in [3.63, 3.8) is 0 Å². The first-order valence-electron chi connectivity index (χ1n) is 4.00. The van der Waals surface area contributed by atoms with Crippen LogP contribution in [0.15, 0.2) is 30.3 Å². The molecule has 0 spiro atoms. The van der Waals surface area contributed by atoms with Gasteiger partial charge in [-0.25, -0.2) is 0 Å². The molecule has 0 atom stereocenters. The SMILES string of the molecule is N[CH]Cc1cc2ccccc2[nH]1. The fraction of sp³-hybridized carbons (Fsp3) is 0.100. The Morgan fingerprint density at radius 1 is 1.33 bits per heavy atom. The normalized spacial score (nSPS) is 10.8. The molecule has 1 aromatic heterocycles. The summed E-state index contributed by atoms with van der Waals surface area (Å²) in [5.74, 6) is 0. The summed E-state index contributed by atoms with van der Waals surface area (Å²) in [4.78, 5) is 3.29. The molecule has 2 heteroatoms. The van der Waals surface area contributed by atoms with Gasteiger partial charge in [0.25, 0.3) is 0 Å². The van der Waals surface area contributed by atoms with Gasteiger partial charge in [0.05, 0.1) is 0 Å². The van der Waals surface area contributed by atoms with Gasteiger partial charge < -0.3 is 10.7 Å².